The standard InChI is InChI=1S/C20H19N3O2/c24-19-11-12-21-16-23(19)15-20(25)22(13-17-7-3-1-4-8-17)14-18-9-5-2-6-10-18/h1-12,16H,13-15H2. The van der Waals surface area contributed by atoms with Gasteiger partial charge in [0.05, 0.1) is 6.33 Å². The summed E-state index contributed by atoms with van der Waals surface area (Å²) in [6, 6.07) is 21.0. The molecule has 0 aliphatic heterocycles. The number of benzene rings is 2. The van der Waals surface area contributed by atoms with E-state index >= 15 is 0 Å². The Morgan fingerprint density at radius 1 is 0.880 bits per heavy atom. The molecule has 3 rings (SSSR count). The van der Waals surface area contributed by atoms with Gasteiger partial charge in [0.25, 0.3) is 5.56 Å². The lowest BCUT2D eigenvalue weighted by molar-refractivity contribution is -0.133. The average molecular weight is 333 g/mol. The molecule has 1 heterocycles. The van der Waals surface area contributed by atoms with Crippen molar-refractivity contribution in [3.63, 3.8) is 0 Å². The maximum Gasteiger partial charge on any atom is 0.253 e. The molecule has 0 N–H and O–H groups in total. The van der Waals surface area contributed by atoms with Gasteiger partial charge in [0, 0.05) is 25.4 Å². The minimum Gasteiger partial charge on any atom is -0.332 e. The Morgan fingerprint density at radius 2 is 1.44 bits per heavy atom. The fourth-order valence-corrected chi connectivity index (χ4v) is 2.58. The molecular weight excluding hydrogens is 314 g/mol. The maximum atomic E-state index is 12.8. The van der Waals surface area contributed by atoms with Crippen molar-refractivity contribution in [3.8, 4) is 0 Å². The minimum absolute atomic E-state index is 0.0215. The summed E-state index contributed by atoms with van der Waals surface area (Å²) >= 11 is 0. The van der Waals surface area contributed by atoms with E-state index in [1.165, 1.54) is 23.2 Å². The van der Waals surface area contributed by atoms with E-state index in [0.717, 1.165) is 11.1 Å². The quantitative estimate of drug-likeness (QED) is 0.696. The van der Waals surface area contributed by atoms with Gasteiger partial charge in [-0.05, 0) is 11.1 Å². The Hall–Kier alpha value is -3.21. The van der Waals surface area contributed by atoms with Crippen LogP contribution in [0, 0.1) is 0 Å². The highest BCUT2D eigenvalue weighted by atomic mass is 16.2. The van der Waals surface area contributed by atoms with E-state index in [2.05, 4.69) is 4.98 Å². The fraction of sp³-hybridized carbons (Fsp3) is 0.150. The number of aromatic nitrogens is 2. The third kappa shape index (κ3) is 4.64. The van der Waals surface area contributed by atoms with Crippen LogP contribution in [-0.4, -0.2) is 20.4 Å². The summed E-state index contributed by atoms with van der Waals surface area (Å²) in [5.41, 5.74) is 1.86. The lowest BCUT2D eigenvalue weighted by Crippen LogP contribution is -2.35. The van der Waals surface area contributed by atoms with Gasteiger partial charge >= 0.3 is 0 Å². The van der Waals surface area contributed by atoms with Crippen molar-refractivity contribution < 1.29 is 4.79 Å². The van der Waals surface area contributed by atoms with Crippen molar-refractivity contribution in [2.75, 3.05) is 0 Å². The molecule has 0 fully saturated rings. The van der Waals surface area contributed by atoms with Crippen molar-refractivity contribution in [1.29, 1.82) is 0 Å². The smallest absolute Gasteiger partial charge is 0.253 e. The van der Waals surface area contributed by atoms with Crippen LogP contribution in [0.3, 0.4) is 0 Å². The van der Waals surface area contributed by atoms with Gasteiger partial charge in [-0.1, -0.05) is 60.7 Å². The van der Waals surface area contributed by atoms with Gasteiger partial charge in [0.15, 0.2) is 0 Å². The van der Waals surface area contributed by atoms with E-state index in [4.69, 9.17) is 0 Å². The van der Waals surface area contributed by atoms with Crippen molar-refractivity contribution >= 4 is 5.91 Å². The minimum atomic E-state index is -0.234. The van der Waals surface area contributed by atoms with Gasteiger partial charge in [0.2, 0.25) is 5.91 Å². The number of hydrogen-bond acceptors (Lipinski definition) is 3. The molecular formula is C20H19N3O2. The SMILES string of the molecule is O=C(Cn1cnccc1=O)N(Cc1ccccc1)Cc1ccccc1. The zero-order chi connectivity index (χ0) is 17.5. The van der Waals surface area contributed by atoms with E-state index < -0.39 is 0 Å². The molecule has 0 spiro atoms. The molecule has 1 aromatic heterocycles. The largest absolute Gasteiger partial charge is 0.332 e. The van der Waals surface area contributed by atoms with Crippen LogP contribution in [0.1, 0.15) is 11.1 Å². The molecule has 25 heavy (non-hydrogen) atoms. The van der Waals surface area contributed by atoms with Gasteiger partial charge < -0.3 is 4.90 Å². The Morgan fingerprint density at radius 3 is 1.96 bits per heavy atom. The van der Waals surface area contributed by atoms with Crippen molar-refractivity contribution in [2.24, 2.45) is 0 Å². The number of carbonyl (C=O) groups excluding carboxylic acids is 1. The van der Waals surface area contributed by atoms with E-state index in [1.807, 2.05) is 60.7 Å². The molecule has 5 heteroatoms. The Bertz CT molecular complexity index is 834. The van der Waals surface area contributed by atoms with Crippen molar-refractivity contribution in [2.45, 2.75) is 19.6 Å². The molecule has 2 aromatic carbocycles. The first-order valence-corrected chi connectivity index (χ1v) is 8.08. The third-order valence-corrected chi connectivity index (χ3v) is 3.88. The number of amides is 1. The molecule has 5 nitrogen and oxygen atoms in total. The summed E-state index contributed by atoms with van der Waals surface area (Å²) in [6.07, 6.45) is 2.82. The molecule has 1 amide bonds. The molecule has 126 valence electrons. The molecule has 0 bridgehead atoms. The van der Waals surface area contributed by atoms with E-state index in [1.54, 1.807) is 4.90 Å². The summed E-state index contributed by atoms with van der Waals surface area (Å²) < 4.78 is 1.32. The van der Waals surface area contributed by atoms with Crippen LogP contribution in [0.2, 0.25) is 0 Å². The first-order valence-electron chi connectivity index (χ1n) is 8.08. The van der Waals surface area contributed by atoms with Crippen molar-refractivity contribution in [1.82, 2.24) is 14.5 Å². The fourth-order valence-electron chi connectivity index (χ4n) is 2.58. The number of rotatable bonds is 6. The predicted octanol–water partition coefficient (Wildman–Crippen LogP) is 2.47. The highest BCUT2D eigenvalue weighted by Gasteiger charge is 2.15. The topological polar surface area (TPSA) is 55.2 Å². The summed E-state index contributed by atoms with van der Waals surface area (Å²) in [5, 5.41) is 0. The molecule has 0 saturated carbocycles. The van der Waals surface area contributed by atoms with Gasteiger partial charge in [-0.25, -0.2) is 4.98 Å². The average Bonchev–Trinajstić information content (AvgIpc) is 2.65. The Balaban J connectivity index is 1.80. The zero-order valence-corrected chi connectivity index (χ0v) is 13.8. The summed E-state index contributed by atoms with van der Waals surface area (Å²) in [6.45, 7) is 0.958. The number of hydrogen-bond donors (Lipinski definition) is 0. The monoisotopic (exact) mass is 333 g/mol. The number of nitrogens with zero attached hydrogens (tertiary/aromatic N) is 3. The Labute approximate surface area is 146 Å². The number of carbonyl (C=O) groups is 1. The van der Waals surface area contributed by atoms with Crippen LogP contribution < -0.4 is 5.56 Å². The van der Waals surface area contributed by atoms with Crippen molar-refractivity contribution in [3.05, 3.63) is 101 Å². The second-order valence-corrected chi connectivity index (χ2v) is 5.77. The first-order chi connectivity index (χ1) is 12.2. The van der Waals surface area contributed by atoms with Gasteiger partial charge in [0.1, 0.15) is 6.54 Å². The lowest BCUT2D eigenvalue weighted by atomic mass is 10.1. The summed E-state index contributed by atoms with van der Waals surface area (Å²) in [5.74, 6) is -0.122. The summed E-state index contributed by atoms with van der Waals surface area (Å²) in [4.78, 5) is 30.3. The van der Waals surface area contributed by atoms with Gasteiger partial charge in [-0.15, -0.1) is 0 Å². The van der Waals surface area contributed by atoms with E-state index in [0.29, 0.717) is 13.1 Å². The highest BCUT2D eigenvalue weighted by molar-refractivity contribution is 5.76. The zero-order valence-electron chi connectivity index (χ0n) is 13.8. The first kappa shape index (κ1) is 16.6. The van der Waals surface area contributed by atoms with Crippen LogP contribution in [-0.2, 0) is 24.4 Å². The van der Waals surface area contributed by atoms with Crippen LogP contribution in [0.15, 0.2) is 84.0 Å². The molecule has 3 aromatic rings. The highest BCUT2D eigenvalue weighted by Crippen LogP contribution is 2.11. The molecule has 0 aliphatic carbocycles. The second-order valence-electron chi connectivity index (χ2n) is 5.77. The lowest BCUT2D eigenvalue weighted by Gasteiger charge is -2.23. The van der Waals surface area contributed by atoms with Gasteiger partial charge in [-0.2, -0.15) is 0 Å². The van der Waals surface area contributed by atoms with Crippen LogP contribution in [0.25, 0.3) is 0 Å². The van der Waals surface area contributed by atoms with E-state index in [-0.39, 0.29) is 18.0 Å². The van der Waals surface area contributed by atoms with Gasteiger partial charge in [-0.3, -0.25) is 14.2 Å². The molecule has 0 atom stereocenters. The summed E-state index contributed by atoms with van der Waals surface area (Å²) in [7, 11) is 0. The molecule has 0 aliphatic rings. The second kappa shape index (κ2) is 8.06. The van der Waals surface area contributed by atoms with Crippen LogP contribution in [0.4, 0.5) is 0 Å². The maximum absolute atomic E-state index is 12.8. The predicted molar refractivity (Wildman–Crippen MR) is 95.6 cm³/mol. The van der Waals surface area contributed by atoms with Crippen LogP contribution in [0.5, 0.6) is 0 Å². The Kier molecular flexibility index (Phi) is 5.36. The van der Waals surface area contributed by atoms with E-state index in [9.17, 15) is 9.59 Å². The molecule has 0 radical (unpaired) electrons. The normalized spacial score (nSPS) is 10.4. The van der Waals surface area contributed by atoms with Crippen LogP contribution >= 0.6 is 0 Å². The molecule has 0 saturated heterocycles. The molecule has 0 unspecified atom stereocenters. The third-order valence-electron chi connectivity index (χ3n) is 3.88.